The molecule has 1 aromatic heterocycles. The van der Waals surface area contributed by atoms with Crippen molar-refractivity contribution in [1.82, 2.24) is 10.3 Å². The van der Waals surface area contributed by atoms with Crippen LogP contribution in [0, 0.1) is 6.92 Å². The number of rotatable bonds is 10. The first-order chi connectivity index (χ1) is 10.2. The molecule has 0 saturated carbocycles. The lowest BCUT2D eigenvalue weighted by Crippen LogP contribution is -2.45. The van der Waals surface area contributed by atoms with Crippen LogP contribution in [0.2, 0.25) is 0 Å². The predicted octanol–water partition coefficient (Wildman–Crippen LogP) is -1.54. The van der Waals surface area contributed by atoms with Gasteiger partial charge in [0.1, 0.15) is 7.11 Å². The van der Waals surface area contributed by atoms with Gasteiger partial charge in [-0.3, -0.25) is 9.63 Å². The Morgan fingerprint density at radius 1 is 1.33 bits per heavy atom. The van der Waals surface area contributed by atoms with E-state index in [0.717, 1.165) is 5.69 Å². The van der Waals surface area contributed by atoms with E-state index in [9.17, 15) is 4.79 Å². The van der Waals surface area contributed by atoms with Gasteiger partial charge in [0.15, 0.2) is 5.69 Å². The first-order valence-corrected chi connectivity index (χ1v) is 6.75. The predicted molar refractivity (Wildman–Crippen MR) is 74.7 cm³/mol. The van der Waals surface area contributed by atoms with Gasteiger partial charge in [0.25, 0.3) is 12.1 Å². The first kappa shape index (κ1) is 17.3. The number of hydrogen-bond acceptors (Lipinski definition) is 6. The molecule has 8 nitrogen and oxygen atoms in total. The highest BCUT2D eigenvalue weighted by molar-refractivity contribution is 5.91. The summed E-state index contributed by atoms with van der Waals surface area (Å²) in [4.78, 5) is 21.0. The lowest BCUT2D eigenvalue weighted by Gasteiger charge is -2.06. The molecule has 0 aliphatic heterocycles. The van der Waals surface area contributed by atoms with Crippen molar-refractivity contribution in [2.75, 3.05) is 46.6 Å². The number of carbonyl (C=O) groups is 1. The molecule has 21 heavy (non-hydrogen) atoms. The average molecular weight is 299 g/mol. The Labute approximate surface area is 124 Å². The number of hydrogen-bond donors (Lipinski definition) is 2. The molecular weight excluding hydrogens is 276 g/mol. The Morgan fingerprint density at radius 3 is 2.71 bits per heavy atom. The molecule has 0 saturated heterocycles. The molecule has 0 bridgehead atoms. The number of aryl methyl sites for hydroxylation is 1. The third-order valence-corrected chi connectivity index (χ3v) is 2.57. The summed E-state index contributed by atoms with van der Waals surface area (Å²) < 4.78 is 11.9. The van der Waals surface area contributed by atoms with Gasteiger partial charge in [-0.2, -0.15) is 0 Å². The molecule has 0 aromatic carbocycles. The van der Waals surface area contributed by atoms with Crippen LogP contribution in [-0.2, 0) is 9.47 Å². The SMILES string of the molecule is CO[n+]1cc(C(=O)NCCOCCOCCN)ncc1C. The average Bonchev–Trinajstić information content (AvgIpc) is 2.50. The van der Waals surface area contributed by atoms with E-state index in [1.165, 1.54) is 18.0 Å². The van der Waals surface area contributed by atoms with Gasteiger partial charge in [0, 0.05) is 24.7 Å². The quantitative estimate of drug-likeness (QED) is 0.401. The van der Waals surface area contributed by atoms with Gasteiger partial charge in [-0.15, -0.1) is 0 Å². The molecule has 1 heterocycles. The molecule has 118 valence electrons. The zero-order chi connectivity index (χ0) is 15.5. The molecule has 0 aliphatic carbocycles. The molecule has 8 heteroatoms. The molecular formula is C13H23N4O4+. The minimum absolute atomic E-state index is 0.274. The summed E-state index contributed by atoms with van der Waals surface area (Å²) in [6.45, 7) is 4.64. The second-order valence-corrected chi connectivity index (χ2v) is 4.19. The Kier molecular flexibility index (Phi) is 8.25. The van der Waals surface area contributed by atoms with E-state index in [-0.39, 0.29) is 11.6 Å². The summed E-state index contributed by atoms with van der Waals surface area (Å²) in [6.07, 6.45) is 3.11. The fourth-order valence-electron chi connectivity index (χ4n) is 1.51. The number of nitrogens with two attached hydrogens (primary N) is 1. The van der Waals surface area contributed by atoms with Gasteiger partial charge in [-0.05, 0) is 0 Å². The molecule has 0 radical (unpaired) electrons. The van der Waals surface area contributed by atoms with Crippen molar-refractivity contribution in [3.05, 3.63) is 23.8 Å². The number of aromatic nitrogens is 2. The van der Waals surface area contributed by atoms with E-state index < -0.39 is 0 Å². The smallest absolute Gasteiger partial charge is 0.276 e. The van der Waals surface area contributed by atoms with Gasteiger partial charge in [-0.1, -0.05) is 0 Å². The van der Waals surface area contributed by atoms with Crippen molar-refractivity contribution < 1.29 is 23.8 Å². The van der Waals surface area contributed by atoms with E-state index in [1.807, 2.05) is 6.92 Å². The summed E-state index contributed by atoms with van der Waals surface area (Å²) >= 11 is 0. The molecule has 1 aromatic rings. The maximum absolute atomic E-state index is 11.9. The zero-order valence-corrected chi connectivity index (χ0v) is 12.5. The third-order valence-electron chi connectivity index (χ3n) is 2.57. The van der Waals surface area contributed by atoms with Crippen LogP contribution >= 0.6 is 0 Å². The topological polar surface area (TPSA) is 99.6 Å². The Bertz CT molecular complexity index is 442. The molecule has 1 amide bonds. The highest BCUT2D eigenvalue weighted by Crippen LogP contribution is 1.92. The van der Waals surface area contributed by atoms with Gasteiger partial charge >= 0.3 is 0 Å². The summed E-state index contributed by atoms with van der Waals surface area (Å²) in [6, 6.07) is 0. The molecule has 0 spiro atoms. The maximum atomic E-state index is 11.9. The second-order valence-electron chi connectivity index (χ2n) is 4.19. The van der Waals surface area contributed by atoms with Crippen molar-refractivity contribution in [3.63, 3.8) is 0 Å². The fraction of sp³-hybridized carbons (Fsp3) is 0.615. The van der Waals surface area contributed by atoms with Crippen LogP contribution in [0.4, 0.5) is 0 Å². The van der Waals surface area contributed by atoms with Crippen LogP contribution in [0.15, 0.2) is 12.4 Å². The Balaban J connectivity index is 2.22. The van der Waals surface area contributed by atoms with Crippen molar-refractivity contribution in [2.24, 2.45) is 5.73 Å². The van der Waals surface area contributed by atoms with E-state index in [0.29, 0.717) is 39.5 Å². The van der Waals surface area contributed by atoms with Crippen LogP contribution < -0.4 is 20.6 Å². The third kappa shape index (κ3) is 6.48. The lowest BCUT2D eigenvalue weighted by molar-refractivity contribution is -0.890. The maximum Gasteiger partial charge on any atom is 0.276 e. The largest absolute Gasteiger partial charge is 0.378 e. The van der Waals surface area contributed by atoms with Crippen molar-refractivity contribution >= 4 is 5.91 Å². The van der Waals surface area contributed by atoms with E-state index in [1.54, 1.807) is 6.20 Å². The Hall–Kier alpha value is -1.77. The van der Waals surface area contributed by atoms with E-state index >= 15 is 0 Å². The molecule has 0 atom stereocenters. The first-order valence-electron chi connectivity index (χ1n) is 6.75. The molecule has 1 rings (SSSR count). The molecule has 0 fully saturated rings. The van der Waals surface area contributed by atoms with Crippen LogP contribution in [-0.4, -0.2) is 57.5 Å². The number of ether oxygens (including phenoxy) is 2. The van der Waals surface area contributed by atoms with Crippen molar-refractivity contribution in [2.45, 2.75) is 6.92 Å². The molecule has 0 aliphatic rings. The summed E-state index contributed by atoms with van der Waals surface area (Å²) in [5, 5.41) is 2.72. The van der Waals surface area contributed by atoms with Crippen LogP contribution in [0.5, 0.6) is 0 Å². The van der Waals surface area contributed by atoms with Crippen molar-refractivity contribution in [3.8, 4) is 0 Å². The number of nitrogens with zero attached hydrogens (tertiary/aromatic N) is 2. The van der Waals surface area contributed by atoms with Crippen LogP contribution in [0.3, 0.4) is 0 Å². The van der Waals surface area contributed by atoms with E-state index in [2.05, 4.69) is 10.3 Å². The number of amides is 1. The van der Waals surface area contributed by atoms with Gasteiger partial charge in [0.2, 0.25) is 5.69 Å². The number of carbonyl (C=O) groups excluding carboxylic acids is 1. The fourth-order valence-corrected chi connectivity index (χ4v) is 1.51. The van der Waals surface area contributed by atoms with Gasteiger partial charge in [-0.25, -0.2) is 4.98 Å². The second kappa shape index (κ2) is 10.0. The zero-order valence-electron chi connectivity index (χ0n) is 12.5. The standard InChI is InChI=1S/C13H22N4O4/c1-11-9-16-12(10-17(11)19-2)13(18)15-4-6-21-8-7-20-5-3-14/h9-10H,3-8,14H2,1-2H3/p+1. The van der Waals surface area contributed by atoms with Crippen molar-refractivity contribution in [1.29, 1.82) is 0 Å². The van der Waals surface area contributed by atoms with Crippen LogP contribution in [0.1, 0.15) is 16.2 Å². The minimum atomic E-state index is -0.274. The van der Waals surface area contributed by atoms with Gasteiger partial charge in [0.05, 0.1) is 32.6 Å². The Morgan fingerprint density at radius 2 is 2.05 bits per heavy atom. The lowest BCUT2D eigenvalue weighted by atomic mass is 10.4. The highest BCUT2D eigenvalue weighted by atomic mass is 16.6. The van der Waals surface area contributed by atoms with Crippen LogP contribution in [0.25, 0.3) is 0 Å². The van der Waals surface area contributed by atoms with Gasteiger partial charge < -0.3 is 20.5 Å². The minimum Gasteiger partial charge on any atom is -0.378 e. The molecule has 0 unspecified atom stereocenters. The monoisotopic (exact) mass is 299 g/mol. The summed E-state index contributed by atoms with van der Waals surface area (Å²) in [7, 11) is 1.52. The summed E-state index contributed by atoms with van der Waals surface area (Å²) in [5.41, 5.74) is 6.37. The normalized spacial score (nSPS) is 10.4. The highest BCUT2D eigenvalue weighted by Gasteiger charge is 2.15. The number of nitrogens with one attached hydrogen (secondary N) is 1. The molecule has 3 N–H and O–H groups in total. The summed E-state index contributed by atoms with van der Waals surface area (Å²) in [5.74, 6) is -0.274. The van der Waals surface area contributed by atoms with E-state index in [4.69, 9.17) is 20.0 Å².